The third-order valence-electron chi connectivity index (χ3n) is 13.0. The number of nitrogens with one attached hydrogen (secondary N) is 3. The van der Waals surface area contributed by atoms with Crippen molar-refractivity contribution in [3.63, 3.8) is 0 Å². The number of nitrogens with zero attached hydrogens (tertiary/aromatic N) is 8. The fraction of sp³-hybridized carbons (Fsp3) is 0.604. The number of aliphatic imine (C=N–C) groups is 1. The Morgan fingerprint density at radius 2 is 1.20 bits per heavy atom. The van der Waals surface area contributed by atoms with Crippen LogP contribution in [-0.2, 0) is 28.8 Å². The lowest BCUT2D eigenvalue weighted by molar-refractivity contribution is -0.140. The Labute approximate surface area is 436 Å². The summed E-state index contributed by atoms with van der Waals surface area (Å²) in [6.45, 7) is 1.03. The molecule has 0 aromatic heterocycles. The molecule has 2 aliphatic heterocycles. The fourth-order valence-corrected chi connectivity index (χ4v) is 8.90. The third kappa shape index (κ3) is 20.6. The Morgan fingerprint density at radius 3 is 1.68 bits per heavy atom. The largest absolute Gasteiger partial charge is 0.480 e. The van der Waals surface area contributed by atoms with E-state index in [4.69, 9.17) is 5.73 Å². The first kappa shape index (κ1) is 61.1. The molecule has 2 unspecified atom stereocenters. The van der Waals surface area contributed by atoms with Gasteiger partial charge in [0.1, 0.15) is 6.04 Å². The molecule has 27 heteroatoms. The summed E-state index contributed by atoms with van der Waals surface area (Å²) in [6, 6.07) is 8.90. The molecule has 2 fully saturated rings. The van der Waals surface area contributed by atoms with Crippen molar-refractivity contribution < 1.29 is 68.8 Å². The van der Waals surface area contributed by atoms with Gasteiger partial charge in [-0.15, -0.1) is 0 Å². The molecule has 0 aliphatic carbocycles. The molecule has 4 rings (SSSR count). The van der Waals surface area contributed by atoms with Crippen LogP contribution in [0.5, 0.6) is 0 Å². The SMILES string of the molecule is CN(C)C(N)=NCCC[C@H](NC(=O)CN1CCN(CC(=O)O)CCN(CC(=O)O)CCN(CC(=O)O)CC1)C(=O)N(C)CCCCCNC(=O)c1ccc(C(=O)NCC(=O)N2CC(O)CC2B(O)O)c2ccccc12. The van der Waals surface area contributed by atoms with Gasteiger partial charge in [0.2, 0.25) is 17.7 Å². The van der Waals surface area contributed by atoms with Gasteiger partial charge in [-0.2, -0.15) is 0 Å². The number of carboxylic acids is 3. The Bertz CT molecular complexity index is 2280. The number of benzene rings is 2. The van der Waals surface area contributed by atoms with Crippen LogP contribution in [0.25, 0.3) is 10.8 Å². The van der Waals surface area contributed by atoms with Gasteiger partial charge in [0.15, 0.2) is 5.96 Å². The van der Waals surface area contributed by atoms with E-state index in [0.717, 1.165) is 4.90 Å². The Hall–Kier alpha value is -6.49. The number of aliphatic hydroxyl groups excluding tert-OH is 1. The van der Waals surface area contributed by atoms with Crippen molar-refractivity contribution >= 4 is 71.3 Å². The number of unbranched alkanes of at least 4 members (excludes halogenated alkanes) is 2. The molecule has 2 aliphatic rings. The monoisotopic (exact) mass is 1050 g/mol. The van der Waals surface area contributed by atoms with E-state index in [1.807, 2.05) is 0 Å². The van der Waals surface area contributed by atoms with Gasteiger partial charge >= 0.3 is 25.0 Å². The van der Waals surface area contributed by atoms with Gasteiger partial charge in [-0.05, 0) is 61.4 Å². The van der Waals surface area contributed by atoms with E-state index in [9.17, 15) is 68.8 Å². The van der Waals surface area contributed by atoms with Crippen LogP contribution in [0.1, 0.15) is 59.2 Å². The van der Waals surface area contributed by atoms with Crippen LogP contribution < -0.4 is 21.7 Å². The van der Waals surface area contributed by atoms with Crippen molar-refractivity contribution in [1.82, 2.24) is 50.2 Å². The molecule has 414 valence electrons. The Morgan fingerprint density at radius 1 is 0.707 bits per heavy atom. The zero-order chi connectivity index (χ0) is 55.2. The number of carboxylic acid groups (broad SMARTS) is 3. The van der Waals surface area contributed by atoms with Crippen molar-refractivity contribution in [3.8, 4) is 0 Å². The highest BCUT2D eigenvalue weighted by molar-refractivity contribution is 6.43. The number of carbonyl (C=O) groups is 8. The van der Waals surface area contributed by atoms with Crippen molar-refractivity contribution in [2.24, 2.45) is 10.7 Å². The second kappa shape index (κ2) is 30.8. The maximum Gasteiger partial charge on any atom is 0.475 e. The number of rotatable bonds is 25. The summed E-state index contributed by atoms with van der Waals surface area (Å²) in [6.07, 6.45) is 1.48. The quantitative estimate of drug-likeness (QED) is 0.0200. The van der Waals surface area contributed by atoms with Crippen molar-refractivity contribution in [1.29, 1.82) is 0 Å². The number of aliphatic carboxylic acids is 3. The highest BCUT2D eigenvalue weighted by Gasteiger charge is 2.41. The van der Waals surface area contributed by atoms with E-state index in [1.165, 1.54) is 17.0 Å². The molecule has 3 atom stereocenters. The van der Waals surface area contributed by atoms with E-state index in [1.54, 1.807) is 69.9 Å². The average Bonchev–Trinajstić information content (AvgIpc) is 3.76. The predicted molar refractivity (Wildman–Crippen MR) is 276 cm³/mol. The zero-order valence-corrected chi connectivity index (χ0v) is 43.1. The van der Waals surface area contributed by atoms with E-state index in [-0.39, 0.29) is 122 Å². The molecule has 75 heavy (non-hydrogen) atoms. The lowest BCUT2D eigenvalue weighted by Crippen LogP contribution is -2.52. The molecular formula is C48H75BN12O14. The van der Waals surface area contributed by atoms with Gasteiger partial charge in [-0.3, -0.25) is 62.9 Å². The Kier molecular flexibility index (Phi) is 25.1. The highest BCUT2D eigenvalue weighted by atomic mass is 16.4. The smallest absolute Gasteiger partial charge is 0.475 e. The summed E-state index contributed by atoms with van der Waals surface area (Å²) in [5.41, 5.74) is 6.51. The van der Waals surface area contributed by atoms with Crippen molar-refractivity contribution in [2.45, 2.75) is 56.6 Å². The topological polar surface area (TPSA) is 355 Å². The number of fused-ring (bicyclic) bond motifs is 1. The molecule has 0 spiro atoms. The highest BCUT2D eigenvalue weighted by Crippen LogP contribution is 2.24. The van der Waals surface area contributed by atoms with Crippen LogP contribution in [0.4, 0.5) is 0 Å². The number of hydrogen-bond acceptors (Lipinski definition) is 16. The molecule has 0 saturated carbocycles. The van der Waals surface area contributed by atoms with Crippen LogP contribution in [-0.4, -0.2) is 276 Å². The van der Waals surface area contributed by atoms with Gasteiger partial charge in [0.25, 0.3) is 11.8 Å². The maximum atomic E-state index is 14.0. The van der Waals surface area contributed by atoms with Gasteiger partial charge in [-0.25, -0.2) is 0 Å². The van der Waals surface area contributed by atoms with E-state index in [0.29, 0.717) is 61.1 Å². The molecule has 0 radical (unpaired) electrons. The zero-order valence-electron chi connectivity index (χ0n) is 43.1. The normalized spacial score (nSPS) is 18.1. The standard InChI is InChI=1S/C48H75BN12O14/c1-55(2)48(50)52-16-9-12-38(54-40(63)29-57-18-20-58(30-42(65)66)22-24-60(32-44(69)70)25-23-59(21-19-57)31-43(67)68)47(73)56(3)17-8-4-7-15-51-45(71)36-13-14-37(35-11-6-5-10-34(35)36)46(72)53-27-41(64)61-28-33(62)26-39(61)49(74)75/h5-6,10-11,13-14,33,38-39,62,74-75H,4,7-9,12,15-32H2,1-3H3,(H2,50,52)(H,51,71)(H,53,72)(H,54,63)(H,65,66)(H,67,68)(H,69,70)/t33?,38-,39?/m0/s1. The molecule has 2 aromatic carbocycles. The number of carbonyl (C=O) groups excluding carboxylic acids is 5. The van der Waals surface area contributed by atoms with Crippen LogP contribution >= 0.6 is 0 Å². The fourth-order valence-electron chi connectivity index (χ4n) is 8.90. The van der Waals surface area contributed by atoms with E-state index >= 15 is 0 Å². The lowest BCUT2D eigenvalue weighted by Gasteiger charge is -2.33. The summed E-state index contributed by atoms with van der Waals surface area (Å²) in [5.74, 6) is -6.27. The number of likely N-dealkylation sites (tertiary alicyclic amines) is 1. The van der Waals surface area contributed by atoms with Gasteiger partial charge in [0.05, 0.1) is 44.8 Å². The van der Waals surface area contributed by atoms with E-state index in [2.05, 4.69) is 20.9 Å². The molecule has 11 N–H and O–H groups in total. The summed E-state index contributed by atoms with van der Waals surface area (Å²) in [4.78, 5) is 118. The number of likely N-dealkylation sites (N-methyl/N-ethyl adjacent to an activating group) is 1. The summed E-state index contributed by atoms with van der Waals surface area (Å²) in [5, 5.41) is 67.3. The summed E-state index contributed by atoms with van der Waals surface area (Å²) in [7, 11) is 3.28. The number of hydrogen-bond donors (Lipinski definition) is 10. The van der Waals surface area contributed by atoms with Crippen LogP contribution in [0.3, 0.4) is 0 Å². The molecular weight excluding hydrogens is 979 g/mol. The van der Waals surface area contributed by atoms with Crippen molar-refractivity contribution in [3.05, 3.63) is 47.5 Å². The minimum atomic E-state index is -1.85. The minimum absolute atomic E-state index is 0.00667. The number of guanidine groups is 1. The molecule has 2 heterocycles. The molecule has 2 aromatic rings. The van der Waals surface area contributed by atoms with Crippen LogP contribution in [0.15, 0.2) is 41.4 Å². The summed E-state index contributed by atoms with van der Waals surface area (Å²) < 4.78 is 0. The molecule has 26 nitrogen and oxygen atoms in total. The number of β-amino-alcohol motifs (C(OH)–C–C–N with tert-alkyl or cyclic N) is 1. The molecule has 0 bridgehead atoms. The van der Waals surface area contributed by atoms with Gasteiger partial charge in [-0.1, -0.05) is 24.3 Å². The first-order chi connectivity index (χ1) is 35.6. The third-order valence-corrected chi connectivity index (χ3v) is 13.0. The minimum Gasteiger partial charge on any atom is -0.480 e. The average molecular weight is 1060 g/mol. The number of aliphatic hydroxyl groups is 1. The van der Waals surface area contributed by atoms with Crippen LogP contribution in [0, 0.1) is 0 Å². The van der Waals surface area contributed by atoms with Crippen molar-refractivity contribution in [2.75, 3.05) is 132 Å². The van der Waals surface area contributed by atoms with E-state index < -0.39 is 67.4 Å². The summed E-state index contributed by atoms with van der Waals surface area (Å²) >= 11 is 0. The first-order valence-electron chi connectivity index (χ1n) is 25.1. The Balaban J connectivity index is 1.34. The van der Waals surface area contributed by atoms with Crippen LogP contribution in [0.2, 0.25) is 0 Å². The predicted octanol–water partition coefficient (Wildman–Crippen LogP) is -3.48. The van der Waals surface area contributed by atoms with Gasteiger partial charge < -0.3 is 66.9 Å². The number of amides is 5. The second-order valence-electron chi connectivity index (χ2n) is 19.1. The lowest BCUT2D eigenvalue weighted by atomic mass is 9.77. The first-order valence-corrected chi connectivity index (χ1v) is 25.1. The second-order valence-corrected chi connectivity index (χ2v) is 19.1. The maximum absolute atomic E-state index is 14.0. The molecule has 5 amide bonds. The van der Waals surface area contributed by atoms with Gasteiger partial charge in [0, 0.05) is 111 Å². The molecule has 2 saturated heterocycles. The number of nitrogens with two attached hydrogens (primary N) is 1.